The van der Waals surface area contributed by atoms with Crippen molar-refractivity contribution in [3.63, 3.8) is 0 Å². The lowest BCUT2D eigenvalue weighted by Gasteiger charge is -2.25. The number of imide groups is 1. The number of fused-ring (bicyclic) bond motifs is 1. The minimum atomic E-state index is -0.630. The standard InChI is InChI=1S/C18H17N3O4/c1-2-19(11-13-7-4-3-5-8-13)12-20-17(22)14-9-6-10-15(21(24)25)16(14)18(20)23/h3-10H,2,11-12H2,1H3. The first-order valence-corrected chi connectivity index (χ1v) is 7.92. The topological polar surface area (TPSA) is 83.8 Å². The van der Waals surface area contributed by atoms with Crippen molar-refractivity contribution in [2.45, 2.75) is 13.5 Å². The van der Waals surface area contributed by atoms with Crippen LogP contribution >= 0.6 is 0 Å². The maximum atomic E-state index is 12.6. The Hall–Kier alpha value is -3.06. The lowest BCUT2D eigenvalue weighted by Crippen LogP contribution is -2.40. The summed E-state index contributed by atoms with van der Waals surface area (Å²) >= 11 is 0. The number of rotatable bonds is 6. The van der Waals surface area contributed by atoms with Crippen LogP contribution in [-0.2, 0) is 6.54 Å². The van der Waals surface area contributed by atoms with Gasteiger partial charge in [-0.2, -0.15) is 0 Å². The smallest absolute Gasteiger partial charge is 0.282 e. The van der Waals surface area contributed by atoms with Gasteiger partial charge in [-0.05, 0) is 18.2 Å². The molecule has 7 heteroatoms. The monoisotopic (exact) mass is 339 g/mol. The summed E-state index contributed by atoms with van der Waals surface area (Å²) in [6.07, 6.45) is 0. The quantitative estimate of drug-likeness (QED) is 0.459. The summed E-state index contributed by atoms with van der Waals surface area (Å²) in [6.45, 7) is 3.23. The fraction of sp³-hybridized carbons (Fsp3) is 0.222. The van der Waals surface area contributed by atoms with Crippen LogP contribution in [0.3, 0.4) is 0 Å². The molecule has 0 aliphatic carbocycles. The average Bonchev–Trinajstić information content (AvgIpc) is 2.86. The van der Waals surface area contributed by atoms with E-state index in [1.165, 1.54) is 18.2 Å². The van der Waals surface area contributed by atoms with Gasteiger partial charge in [-0.25, -0.2) is 0 Å². The molecule has 0 aromatic heterocycles. The van der Waals surface area contributed by atoms with Gasteiger partial charge in [0.2, 0.25) is 0 Å². The molecule has 0 saturated carbocycles. The number of amides is 2. The van der Waals surface area contributed by atoms with Crippen LogP contribution in [-0.4, -0.2) is 39.8 Å². The van der Waals surface area contributed by atoms with Crippen molar-refractivity contribution < 1.29 is 14.5 Å². The Bertz CT molecular complexity index is 835. The van der Waals surface area contributed by atoms with Crippen molar-refractivity contribution in [2.75, 3.05) is 13.2 Å². The van der Waals surface area contributed by atoms with Crippen LogP contribution in [0.15, 0.2) is 48.5 Å². The Labute approximate surface area is 144 Å². The lowest BCUT2D eigenvalue weighted by atomic mass is 10.1. The fourth-order valence-corrected chi connectivity index (χ4v) is 2.90. The summed E-state index contributed by atoms with van der Waals surface area (Å²) in [5.74, 6) is -1.10. The second kappa shape index (κ2) is 6.82. The minimum absolute atomic E-state index is 0.0922. The van der Waals surface area contributed by atoms with E-state index in [-0.39, 0.29) is 23.5 Å². The Morgan fingerprint density at radius 1 is 1.04 bits per heavy atom. The molecule has 7 nitrogen and oxygen atoms in total. The highest BCUT2D eigenvalue weighted by Crippen LogP contribution is 2.30. The van der Waals surface area contributed by atoms with Crippen molar-refractivity contribution in [3.05, 3.63) is 75.3 Å². The van der Waals surface area contributed by atoms with Crippen molar-refractivity contribution in [3.8, 4) is 0 Å². The second-order valence-corrected chi connectivity index (χ2v) is 5.77. The van der Waals surface area contributed by atoms with Crippen LogP contribution in [0.5, 0.6) is 0 Å². The largest absolute Gasteiger partial charge is 0.282 e. The minimum Gasteiger partial charge on any atom is -0.282 e. The van der Waals surface area contributed by atoms with Crippen LogP contribution in [0, 0.1) is 10.1 Å². The second-order valence-electron chi connectivity index (χ2n) is 5.77. The third-order valence-electron chi connectivity index (χ3n) is 4.21. The van der Waals surface area contributed by atoms with Crippen LogP contribution < -0.4 is 0 Å². The number of hydrogen-bond acceptors (Lipinski definition) is 5. The summed E-state index contributed by atoms with van der Waals surface area (Å²) < 4.78 is 0. The Morgan fingerprint density at radius 3 is 2.40 bits per heavy atom. The molecule has 0 fully saturated rings. The average molecular weight is 339 g/mol. The van der Waals surface area contributed by atoms with E-state index in [1.807, 2.05) is 42.2 Å². The molecule has 0 radical (unpaired) electrons. The highest BCUT2D eigenvalue weighted by molar-refractivity contribution is 6.23. The van der Waals surface area contributed by atoms with E-state index in [4.69, 9.17) is 0 Å². The van der Waals surface area contributed by atoms with Gasteiger partial charge in [0.1, 0.15) is 5.56 Å². The van der Waals surface area contributed by atoms with Gasteiger partial charge in [-0.15, -0.1) is 0 Å². The Morgan fingerprint density at radius 2 is 1.76 bits per heavy atom. The lowest BCUT2D eigenvalue weighted by molar-refractivity contribution is -0.385. The molecular formula is C18H17N3O4. The van der Waals surface area contributed by atoms with E-state index in [0.29, 0.717) is 13.1 Å². The zero-order valence-corrected chi connectivity index (χ0v) is 13.7. The van der Waals surface area contributed by atoms with E-state index in [0.717, 1.165) is 10.5 Å². The Balaban J connectivity index is 1.84. The molecule has 128 valence electrons. The molecule has 1 heterocycles. The van der Waals surface area contributed by atoms with Gasteiger partial charge in [-0.3, -0.25) is 29.5 Å². The first-order chi connectivity index (χ1) is 12.0. The molecule has 0 saturated heterocycles. The summed E-state index contributed by atoms with van der Waals surface area (Å²) in [7, 11) is 0. The summed E-state index contributed by atoms with van der Waals surface area (Å²) in [4.78, 5) is 38.7. The SMILES string of the molecule is CCN(Cc1ccccc1)CN1C(=O)c2cccc([N+](=O)[O-])c2C1=O. The van der Waals surface area contributed by atoms with Crippen LogP contribution in [0.1, 0.15) is 33.2 Å². The number of hydrogen-bond donors (Lipinski definition) is 0. The van der Waals surface area contributed by atoms with Gasteiger partial charge in [0.15, 0.2) is 0 Å². The highest BCUT2D eigenvalue weighted by Gasteiger charge is 2.41. The third-order valence-corrected chi connectivity index (χ3v) is 4.21. The number of nitro benzene ring substituents is 1. The zero-order valence-electron chi connectivity index (χ0n) is 13.7. The van der Waals surface area contributed by atoms with E-state index in [1.54, 1.807) is 0 Å². The molecule has 2 aromatic carbocycles. The molecule has 0 spiro atoms. The van der Waals surface area contributed by atoms with E-state index in [9.17, 15) is 19.7 Å². The summed E-state index contributed by atoms with van der Waals surface area (Å²) in [5, 5.41) is 11.2. The molecule has 0 unspecified atom stereocenters. The van der Waals surface area contributed by atoms with Gasteiger partial charge in [-0.1, -0.05) is 43.3 Å². The predicted molar refractivity (Wildman–Crippen MR) is 91.0 cm³/mol. The number of nitro groups is 1. The van der Waals surface area contributed by atoms with Gasteiger partial charge < -0.3 is 0 Å². The predicted octanol–water partition coefficient (Wildman–Crippen LogP) is 2.67. The van der Waals surface area contributed by atoms with Crippen LogP contribution in [0.2, 0.25) is 0 Å². The van der Waals surface area contributed by atoms with Crippen molar-refractivity contribution in [2.24, 2.45) is 0 Å². The number of carbonyl (C=O) groups excluding carboxylic acids is 2. The van der Waals surface area contributed by atoms with Crippen molar-refractivity contribution >= 4 is 17.5 Å². The van der Waals surface area contributed by atoms with Gasteiger partial charge in [0.05, 0.1) is 17.2 Å². The van der Waals surface area contributed by atoms with Crippen LogP contribution in [0.25, 0.3) is 0 Å². The Kier molecular flexibility index (Phi) is 4.58. The molecule has 0 N–H and O–H groups in total. The first-order valence-electron chi connectivity index (χ1n) is 7.92. The number of benzene rings is 2. The van der Waals surface area contributed by atoms with Crippen molar-refractivity contribution in [1.29, 1.82) is 0 Å². The molecule has 2 amide bonds. The van der Waals surface area contributed by atoms with Crippen molar-refractivity contribution in [1.82, 2.24) is 9.80 Å². The highest BCUT2D eigenvalue weighted by atomic mass is 16.6. The normalized spacial score (nSPS) is 13.4. The van der Waals surface area contributed by atoms with E-state index in [2.05, 4.69) is 0 Å². The summed E-state index contributed by atoms with van der Waals surface area (Å²) in [6, 6.07) is 13.8. The molecule has 25 heavy (non-hydrogen) atoms. The van der Waals surface area contributed by atoms with E-state index < -0.39 is 16.7 Å². The summed E-state index contributed by atoms with van der Waals surface area (Å²) in [5.41, 5.74) is 0.708. The maximum Gasteiger partial charge on any atom is 0.282 e. The van der Waals surface area contributed by atoms with Gasteiger partial charge in [0.25, 0.3) is 17.5 Å². The third kappa shape index (κ3) is 3.14. The first kappa shape index (κ1) is 16.8. The molecule has 1 aliphatic rings. The fourth-order valence-electron chi connectivity index (χ4n) is 2.90. The number of nitrogens with zero attached hydrogens (tertiary/aromatic N) is 3. The molecule has 0 atom stereocenters. The molecule has 0 bridgehead atoms. The molecular weight excluding hydrogens is 322 g/mol. The van der Waals surface area contributed by atoms with Gasteiger partial charge >= 0.3 is 0 Å². The molecule has 3 rings (SSSR count). The molecule has 2 aromatic rings. The van der Waals surface area contributed by atoms with Gasteiger partial charge in [0, 0.05) is 12.6 Å². The van der Waals surface area contributed by atoms with E-state index >= 15 is 0 Å². The van der Waals surface area contributed by atoms with Crippen LogP contribution in [0.4, 0.5) is 5.69 Å². The zero-order chi connectivity index (χ0) is 18.0. The molecule has 1 aliphatic heterocycles. The number of carbonyl (C=O) groups is 2. The maximum absolute atomic E-state index is 12.6.